The topological polar surface area (TPSA) is 73.9 Å². The van der Waals surface area contributed by atoms with Crippen LogP contribution in [0.5, 0.6) is 11.6 Å². The standard InChI is InChI=1S/C20H14ClF3N4OS/c21-19-27-17(13-6-8-30-18(13)28-19)14-9-11(5-7-25)1-3-15(14)29-16-4-2-12(10-26-16)20(22,23)24/h1-4,6,8-10H,5,7,25H2. The molecule has 0 fully saturated rings. The van der Waals surface area contributed by atoms with Crippen LogP contribution < -0.4 is 10.5 Å². The Morgan fingerprint density at radius 3 is 2.63 bits per heavy atom. The van der Waals surface area contributed by atoms with Crippen LogP contribution in [0.4, 0.5) is 13.2 Å². The average molecular weight is 451 g/mol. The van der Waals surface area contributed by atoms with Crippen molar-refractivity contribution >= 4 is 33.2 Å². The molecule has 0 spiro atoms. The minimum absolute atomic E-state index is 0.0255. The molecule has 0 unspecified atom stereocenters. The Balaban J connectivity index is 1.79. The van der Waals surface area contributed by atoms with Crippen molar-refractivity contribution in [3.63, 3.8) is 0 Å². The van der Waals surface area contributed by atoms with Gasteiger partial charge in [-0.2, -0.15) is 13.2 Å². The number of halogens is 4. The number of alkyl halides is 3. The molecule has 0 radical (unpaired) electrons. The SMILES string of the molecule is NCCc1ccc(Oc2ccc(C(F)(F)F)cn2)c(-c2nc(Cl)nc3sccc23)c1. The maximum atomic E-state index is 12.8. The summed E-state index contributed by atoms with van der Waals surface area (Å²) in [6, 6.07) is 9.40. The summed E-state index contributed by atoms with van der Waals surface area (Å²) in [5.41, 5.74) is 6.97. The average Bonchev–Trinajstić information content (AvgIpc) is 3.17. The largest absolute Gasteiger partial charge is 0.438 e. The van der Waals surface area contributed by atoms with Gasteiger partial charge in [-0.25, -0.2) is 15.0 Å². The third kappa shape index (κ3) is 4.23. The van der Waals surface area contributed by atoms with Crippen LogP contribution in [-0.4, -0.2) is 21.5 Å². The Kier molecular flexibility index (Phi) is 5.59. The van der Waals surface area contributed by atoms with E-state index in [1.54, 1.807) is 6.07 Å². The van der Waals surface area contributed by atoms with Gasteiger partial charge in [0.05, 0.1) is 11.3 Å². The van der Waals surface area contributed by atoms with Gasteiger partial charge in [-0.15, -0.1) is 11.3 Å². The van der Waals surface area contributed by atoms with Crippen LogP contribution in [-0.2, 0) is 12.6 Å². The zero-order chi connectivity index (χ0) is 21.3. The Hall–Kier alpha value is -2.75. The molecule has 2 N–H and O–H groups in total. The zero-order valence-electron chi connectivity index (χ0n) is 15.3. The van der Waals surface area contributed by atoms with Gasteiger partial charge in [0, 0.05) is 23.2 Å². The monoisotopic (exact) mass is 450 g/mol. The Labute approximate surface area is 178 Å². The minimum Gasteiger partial charge on any atom is -0.438 e. The molecule has 154 valence electrons. The van der Waals surface area contributed by atoms with Crippen molar-refractivity contribution in [2.75, 3.05) is 6.54 Å². The first-order valence-corrected chi connectivity index (χ1v) is 10.1. The molecule has 4 aromatic rings. The van der Waals surface area contributed by atoms with E-state index < -0.39 is 11.7 Å². The molecule has 0 saturated heterocycles. The van der Waals surface area contributed by atoms with Gasteiger partial charge in [-0.3, -0.25) is 0 Å². The van der Waals surface area contributed by atoms with E-state index in [0.29, 0.717) is 34.8 Å². The van der Waals surface area contributed by atoms with Crippen molar-refractivity contribution in [2.45, 2.75) is 12.6 Å². The van der Waals surface area contributed by atoms with Crippen LogP contribution >= 0.6 is 22.9 Å². The molecule has 0 aliphatic heterocycles. The van der Waals surface area contributed by atoms with Crippen molar-refractivity contribution in [3.8, 4) is 22.9 Å². The van der Waals surface area contributed by atoms with E-state index in [-0.39, 0.29) is 11.2 Å². The number of nitrogens with two attached hydrogens (primary N) is 1. The first kappa shape index (κ1) is 20.5. The van der Waals surface area contributed by atoms with Crippen LogP contribution in [0.1, 0.15) is 11.1 Å². The molecule has 0 aliphatic rings. The number of pyridine rings is 1. The highest BCUT2D eigenvalue weighted by Crippen LogP contribution is 2.38. The lowest BCUT2D eigenvalue weighted by Crippen LogP contribution is -2.05. The van der Waals surface area contributed by atoms with E-state index in [9.17, 15) is 13.2 Å². The van der Waals surface area contributed by atoms with Crippen molar-refractivity contribution < 1.29 is 17.9 Å². The van der Waals surface area contributed by atoms with Gasteiger partial charge in [0.15, 0.2) is 0 Å². The van der Waals surface area contributed by atoms with Crippen molar-refractivity contribution in [3.05, 3.63) is 64.4 Å². The van der Waals surface area contributed by atoms with Crippen LogP contribution in [0.25, 0.3) is 21.5 Å². The summed E-state index contributed by atoms with van der Waals surface area (Å²) in [4.78, 5) is 13.1. The van der Waals surface area contributed by atoms with Crippen molar-refractivity contribution in [1.29, 1.82) is 0 Å². The van der Waals surface area contributed by atoms with Gasteiger partial charge in [0.2, 0.25) is 11.2 Å². The first-order valence-electron chi connectivity index (χ1n) is 8.80. The molecule has 3 heterocycles. The van der Waals surface area contributed by atoms with Crippen molar-refractivity contribution in [2.24, 2.45) is 5.73 Å². The second kappa shape index (κ2) is 8.17. The maximum Gasteiger partial charge on any atom is 0.417 e. The number of aromatic nitrogens is 3. The fourth-order valence-electron chi connectivity index (χ4n) is 2.93. The van der Waals surface area contributed by atoms with Gasteiger partial charge >= 0.3 is 6.18 Å². The van der Waals surface area contributed by atoms with E-state index in [4.69, 9.17) is 22.1 Å². The first-order chi connectivity index (χ1) is 14.3. The lowest BCUT2D eigenvalue weighted by Gasteiger charge is -2.13. The Morgan fingerprint density at radius 1 is 1.10 bits per heavy atom. The summed E-state index contributed by atoms with van der Waals surface area (Å²) >= 11 is 7.53. The molecular weight excluding hydrogens is 437 g/mol. The van der Waals surface area contributed by atoms with E-state index in [1.165, 1.54) is 17.4 Å². The normalized spacial score (nSPS) is 11.8. The van der Waals surface area contributed by atoms with Crippen LogP contribution in [0.15, 0.2) is 48.0 Å². The van der Waals surface area contributed by atoms with Gasteiger partial charge in [0.25, 0.3) is 0 Å². The van der Waals surface area contributed by atoms with Crippen LogP contribution in [0.3, 0.4) is 0 Å². The number of fused-ring (bicyclic) bond motifs is 1. The van der Waals surface area contributed by atoms with E-state index in [1.807, 2.05) is 23.6 Å². The highest BCUT2D eigenvalue weighted by Gasteiger charge is 2.30. The summed E-state index contributed by atoms with van der Waals surface area (Å²) in [6.45, 7) is 0.457. The number of hydrogen-bond donors (Lipinski definition) is 1. The minimum atomic E-state index is -4.47. The van der Waals surface area contributed by atoms with Gasteiger partial charge in [0.1, 0.15) is 10.6 Å². The summed E-state index contributed by atoms with van der Waals surface area (Å²) in [7, 11) is 0. The zero-order valence-corrected chi connectivity index (χ0v) is 16.9. The predicted molar refractivity (Wildman–Crippen MR) is 110 cm³/mol. The smallest absolute Gasteiger partial charge is 0.417 e. The molecule has 4 rings (SSSR count). The highest BCUT2D eigenvalue weighted by molar-refractivity contribution is 7.16. The number of nitrogens with zero attached hydrogens (tertiary/aromatic N) is 3. The molecular formula is C20H14ClF3N4OS. The van der Waals surface area contributed by atoms with E-state index >= 15 is 0 Å². The second-order valence-electron chi connectivity index (χ2n) is 6.33. The molecule has 5 nitrogen and oxygen atoms in total. The molecule has 30 heavy (non-hydrogen) atoms. The molecule has 0 amide bonds. The molecule has 0 aliphatic carbocycles. The summed E-state index contributed by atoms with van der Waals surface area (Å²) < 4.78 is 44.2. The molecule has 1 aromatic carbocycles. The Morgan fingerprint density at radius 2 is 1.93 bits per heavy atom. The molecule has 3 aromatic heterocycles. The van der Waals surface area contributed by atoms with E-state index in [0.717, 1.165) is 23.2 Å². The van der Waals surface area contributed by atoms with Crippen LogP contribution in [0.2, 0.25) is 5.28 Å². The van der Waals surface area contributed by atoms with Crippen LogP contribution in [0, 0.1) is 0 Å². The maximum absolute atomic E-state index is 12.8. The molecule has 0 saturated carbocycles. The third-order valence-corrected chi connectivity index (χ3v) is 5.28. The van der Waals surface area contributed by atoms with Gasteiger partial charge in [-0.1, -0.05) is 6.07 Å². The van der Waals surface area contributed by atoms with E-state index in [2.05, 4.69) is 15.0 Å². The summed E-state index contributed by atoms with van der Waals surface area (Å²) in [5, 5.41) is 2.75. The number of ether oxygens (including phenoxy) is 1. The van der Waals surface area contributed by atoms with Gasteiger partial charge < -0.3 is 10.5 Å². The van der Waals surface area contributed by atoms with Gasteiger partial charge in [-0.05, 0) is 59.8 Å². The quantitative estimate of drug-likeness (QED) is 0.394. The number of rotatable bonds is 5. The molecule has 10 heteroatoms. The lowest BCUT2D eigenvalue weighted by atomic mass is 10.0. The summed E-state index contributed by atoms with van der Waals surface area (Å²) in [5.74, 6) is 0.405. The predicted octanol–water partition coefficient (Wildman–Crippen LogP) is 5.72. The number of benzene rings is 1. The second-order valence-corrected chi connectivity index (χ2v) is 7.57. The highest BCUT2D eigenvalue weighted by atomic mass is 35.5. The molecule has 0 atom stereocenters. The summed E-state index contributed by atoms with van der Waals surface area (Å²) in [6.07, 6.45) is -3.10. The fraction of sp³-hybridized carbons (Fsp3) is 0.150. The number of thiophene rings is 1. The fourth-order valence-corrected chi connectivity index (χ4v) is 3.91. The lowest BCUT2D eigenvalue weighted by molar-refractivity contribution is -0.137. The third-order valence-electron chi connectivity index (χ3n) is 4.31. The number of hydrogen-bond acceptors (Lipinski definition) is 6. The Bertz CT molecular complexity index is 1200. The molecule has 0 bridgehead atoms. The van der Waals surface area contributed by atoms with Crippen molar-refractivity contribution in [1.82, 2.24) is 15.0 Å².